The van der Waals surface area contributed by atoms with Gasteiger partial charge in [-0.2, -0.15) is 0 Å². The van der Waals surface area contributed by atoms with Crippen LogP contribution < -0.4 is 0 Å². The van der Waals surface area contributed by atoms with Crippen molar-refractivity contribution in [3.05, 3.63) is 35.7 Å². The van der Waals surface area contributed by atoms with Crippen LogP contribution >= 0.6 is 0 Å². The Hall–Kier alpha value is -1.11. The van der Waals surface area contributed by atoms with Crippen LogP contribution in [0.4, 0.5) is 0 Å². The first-order chi connectivity index (χ1) is 8.83. The molecule has 0 unspecified atom stereocenters. The predicted octanol–water partition coefficient (Wildman–Crippen LogP) is 5.54. The lowest BCUT2D eigenvalue weighted by atomic mass is 10.1. The van der Waals surface area contributed by atoms with E-state index in [-0.39, 0.29) is 0 Å². The van der Waals surface area contributed by atoms with Gasteiger partial charge >= 0.3 is 0 Å². The Labute approximate surface area is 112 Å². The molecule has 1 heteroatoms. The maximum atomic E-state index is 4.45. The Bertz CT molecular complexity index is 341. The van der Waals surface area contributed by atoms with Crippen molar-refractivity contribution in [2.75, 3.05) is 0 Å². The molecule has 0 aliphatic rings. The van der Waals surface area contributed by atoms with Crippen LogP contribution in [-0.2, 0) is 0 Å². The van der Waals surface area contributed by atoms with Crippen molar-refractivity contribution in [1.82, 2.24) is 4.98 Å². The highest BCUT2D eigenvalue weighted by molar-refractivity contribution is 5.44. The summed E-state index contributed by atoms with van der Waals surface area (Å²) in [5.41, 5.74) is 2.17. The molecule has 0 bridgehead atoms. The quantitative estimate of drug-likeness (QED) is 0.520. The van der Waals surface area contributed by atoms with E-state index in [0.29, 0.717) is 0 Å². The third-order valence-corrected chi connectivity index (χ3v) is 3.17. The van der Waals surface area contributed by atoms with Crippen LogP contribution in [-0.4, -0.2) is 4.98 Å². The van der Waals surface area contributed by atoms with Gasteiger partial charge in [0, 0.05) is 5.69 Å². The Kier molecular flexibility index (Phi) is 8.20. The van der Waals surface area contributed by atoms with Crippen LogP contribution in [0.2, 0.25) is 0 Å². The zero-order chi connectivity index (χ0) is 13.1. The first kappa shape index (κ1) is 14.9. The van der Waals surface area contributed by atoms with Crippen LogP contribution in [0, 0.1) is 6.92 Å². The van der Waals surface area contributed by atoms with Crippen molar-refractivity contribution in [1.29, 1.82) is 0 Å². The van der Waals surface area contributed by atoms with Gasteiger partial charge in [0.25, 0.3) is 0 Å². The molecular weight excluding hydrogens is 218 g/mol. The molecule has 0 aliphatic heterocycles. The average molecular weight is 245 g/mol. The van der Waals surface area contributed by atoms with Crippen molar-refractivity contribution in [2.45, 2.75) is 65.2 Å². The Morgan fingerprint density at radius 3 is 2.44 bits per heavy atom. The van der Waals surface area contributed by atoms with Crippen molar-refractivity contribution in [3.63, 3.8) is 0 Å². The van der Waals surface area contributed by atoms with Gasteiger partial charge in [-0.1, -0.05) is 57.6 Å². The lowest BCUT2D eigenvalue weighted by molar-refractivity contribution is 0.592. The number of hydrogen-bond acceptors (Lipinski definition) is 1. The van der Waals surface area contributed by atoms with Crippen molar-refractivity contribution in [2.24, 2.45) is 0 Å². The fraction of sp³-hybridized carbons (Fsp3) is 0.588. The fourth-order valence-corrected chi connectivity index (χ4v) is 2.08. The van der Waals surface area contributed by atoms with Gasteiger partial charge < -0.3 is 0 Å². The van der Waals surface area contributed by atoms with Crippen molar-refractivity contribution >= 4 is 6.08 Å². The maximum absolute atomic E-state index is 4.45. The summed E-state index contributed by atoms with van der Waals surface area (Å²) in [6, 6.07) is 6.16. The van der Waals surface area contributed by atoms with E-state index in [4.69, 9.17) is 0 Å². The molecular formula is C17H27N. The number of allylic oxidation sites excluding steroid dienone is 1. The van der Waals surface area contributed by atoms with Gasteiger partial charge in [-0.3, -0.25) is 4.98 Å². The molecule has 0 aliphatic carbocycles. The SMILES string of the molecule is CCCCCCCCC/C=C\c1cccc(C)n1. The van der Waals surface area contributed by atoms with Gasteiger partial charge in [0.15, 0.2) is 0 Å². The second kappa shape index (κ2) is 9.87. The summed E-state index contributed by atoms with van der Waals surface area (Å²) >= 11 is 0. The maximum Gasteiger partial charge on any atom is 0.0629 e. The molecule has 0 amide bonds. The van der Waals surface area contributed by atoms with Crippen LogP contribution in [0.5, 0.6) is 0 Å². The molecule has 0 radical (unpaired) electrons. The van der Waals surface area contributed by atoms with Gasteiger partial charge in [-0.15, -0.1) is 0 Å². The zero-order valence-corrected chi connectivity index (χ0v) is 12.0. The van der Waals surface area contributed by atoms with E-state index in [2.05, 4.69) is 36.2 Å². The highest BCUT2D eigenvalue weighted by Crippen LogP contribution is 2.09. The van der Waals surface area contributed by atoms with E-state index in [1.165, 1.54) is 51.4 Å². The van der Waals surface area contributed by atoms with Gasteiger partial charge in [0.2, 0.25) is 0 Å². The molecule has 18 heavy (non-hydrogen) atoms. The molecule has 1 aromatic heterocycles. The molecule has 1 aromatic rings. The number of rotatable bonds is 9. The van der Waals surface area contributed by atoms with E-state index in [0.717, 1.165) is 11.4 Å². The molecule has 0 fully saturated rings. The molecule has 0 N–H and O–H groups in total. The largest absolute Gasteiger partial charge is 0.254 e. The van der Waals surface area contributed by atoms with E-state index in [9.17, 15) is 0 Å². The number of nitrogens with zero attached hydrogens (tertiary/aromatic N) is 1. The van der Waals surface area contributed by atoms with Gasteiger partial charge in [-0.05, 0) is 38.0 Å². The van der Waals surface area contributed by atoms with Crippen molar-refractivity contribution < 1.29 is 0 Å². The molecule has 1 rings (SSSR count). The van der Waals surface area contributed by atoms with Crippen LogP contribution in [0.15, 0.2) is 24.3 Å². The summed E-state index contributed by atoms with van der Waals surface area (Å²) in [5.74, 6) is 0. The molecule has 100 valence electrons. The molecule has 1 heterocycles. The molecule has 1 nitrogen and oxygen atoms in total. The standard InChI is InChI=1S/C17H27N/c1-3-4-5-6-7-8-9-10-11-14-17-15-12-13-16(2)18-17/h11-15H,3-10H2,1-2H3/b14-11-. The summed E-state index contributed by atoms with van der Waals surface area (Å²) < 4.78 is 0. The summed E-state index contributed by atoms with van der Waals surface area (Å²) in [6.07, 6.45) is 15.2. The number of aromatic nitrogens is 1. The predicted molar refractivity (Wildman–Crippen MR) is 80.6 cm³/mol. The van der Waals surface area contributed by atoms with Gasteiger partial charge in [0.1, 0.15) is 0 Å². The highest BCUT2D eigenvalue weighted by atomic mass is 14.7. The highest BCUT2D eigenvalue weighted by Gasteiger charge is 1.91. The summed E-state index contributed by atoms with van der Waals surface area (Å²) in [4.78, 5) is 4.45. The number of aryl methyl sites for hydroxylation is 1. The third-order valence-electron chi connectivity index (χ3n) is 3.17. The molecule has 0 saturated heterocycles. The smallest absolute Gasteiger partial charge is 0.0629 e. The number of hydrogen-bond donors (Lipinski definition) is 0. The van der Waals surface area contributed by atoms with Crippen molar-refractivity contribution in [3.8, 4) is 0 Å². The molecule has 0 aromatic carbocycles. The summed E-state index contributed by atoms with van der Waals surface area (Å²) in [7, 11) is 0. The van der Waals surface area contributed by atoms with Gasteiger partial charge in [0.05, 0.1) is 5.69 Å². The first-order valence-electron chi connectivity index (χ1n) is 7.43. The Morgan fingerprint density at radius 2 is 1.72 bits per heavy atom. The Balaban J connectivity index is 2.04. The number of unbranched alkanes of at least 4 members (excludes halogenated alkanes) is 7. The topological polar surface area (TPSA) is 12.9 Å². The van der Waals surface area contributed by atoms with E-state index in [1.54, 1.807) is 0 Å². The first-order valence-corrected chi connectivity index (χ1v) is 7.43. The second-order valence-corrected chi connectivity index (χ2v) is 5.02. The lowest BCUT2D eigenvalue weighted by Gasteiger charge is -1.99. The minimum Gasteiger partial charge on any atom is -0.254 e. The fourth-order valence-electron chi connectivity index (χ4n) is 2.08. The van der Waals surface area contributed by atoms with E-state index < -0.39 is 0 Å². The van der Waals surface area contributed by atoms with Crippen LogP contribution in [0.3, 0.4) is 0 Å². The van der Waals surface area contributed by atoms with E-state index in [1.807, 2.05) is 13.0 Å². The minimum atomic E-state index is 1.08. The van der Waals surface area contributed by atoms with Crippen LogP contribution in [0.1, 0.15) is 69.7 Å². The molecule has 0 saturated carbocycles. The molecule has 0 spiro atoms. The summed E-state index contributed by atoms with van der Waals surface area (Å²) in [5, 5.41) is 0. The van der Waals surface area contributed by atoms with E-state index >= 15 is 0 Å². The minimum absolute atomic E-state index is 1.08. The number of pyridine rings is 1. The summed E-state index contributed by atoms with van der Waals surface area (Å²) in [6.45, 7) is 4.30. The lowest BCUT2D eigenvalue weighted by Crippen LogP contribution is -1.83. The molecule has 0 atom stereocenters. The normalized spacial score (nSPS) is 11.2. The van der Waals surface area contributed by atoms with Gasteiger partial charge in [-0.25, -0.2) is 0 Å². The third kappa shape index (κ3) is 7.26. The average Bonchev–Trinajstić information content (AvgIpc) is 2.37. The monoisotopic (exact) mass is 245 g/mol. The second-order valence-electron chi connectivity index (χ2n) is 5.02. The van der Waals surface area contributed by atoms with Crippen LogP contribution in [0.25, 0.3) is 6.08 Å². The zero-order valence-electron chi connectivity index (χ0n) is 12.0. The Morgan fingerprint density at radius 1 is 1.00 bits per heavy atom.